The van der Waals surface area contributed by atoms with Gasteiger partial charge >= 0.3 is 0 Å². The maximum absolute atomic E-state index is 11.9. The van der Waals surface area contributed by atoms with Gasteiger partial charge in [0.2, 0.25) is 0 Å². The molecule has 1 aromatic rings. The van der Waals surface area contributed by atoms with Crippen molar-refractivity contribution in [2.45, 2.75) is 20.0 Å². The van der Waals surface area contributed by atoms with Crippen molar-refractivity contribution in [1.82, 2.24) is 4.90 Å². The van der Waals surface area contributed by atoms with Gasteiger partial charge in [-0.2, -0.15) is 0 Å². The highest BCUT2D eigenvalue weighted by Crippen LogP contribution is 2.15. The molecule has 0 atom stereocenters. The molecule has 0 bridgehead atoms. The first kappa shape index (κ1) is 13.1. The van der Waals surface area contributed by atoms with Crippen LogP contribution in [0.5, 0.6) is 5.75 Å². The summed E-state index contributed by atoms with van der Waals surface area (Å²) in [7, 11) is 1.68. The van der Waals surface area contributed by atoms with E-state index in [0.717, 1.165) is 0 Å². The predicted octanol–water partition coefficient (Wildman–Crippen LogP) is 2.18. The van der Waals surface area contributed by atoms with Gasteiger partial charge in [-0.3, -0.25) is 4.79 Å². The van der Waals surface area contributed by atoms with Crippen LogP contribution >= 0.6 is 0 Å². The molecule has 0 spiro atoms. The van der Waals surface area contributed by atoms with Gasteiger partial charge in [0, 0.05) is 12.6 Å². The van der Waals surface area contributed by atoms with E-state index in [-0.39, 0.29) is 12.0 Å². The summed E-state index contributed by atoms with van der Waals surface area (Å²) in [6, 6.07) is 7.12. The third-order valence-electron chi connectivity index (χ3n) is 2.13. The second-order valence-corrected chi connectivity index (χ2v) is 4.06. The summed E-state index contributed by atoms with van der Waals surface area (Å²) in [4.78, 5) is 13.4. The molecular formula is C14H17NO2. The van der Waals surface area contributed by atoms with Crippen LogP contribution in [0.3, 0.4) is 0 Å². The lowest BCUT2D eigenvalue weighted by Crippen LogP contribution is -2.26. The van der Waals surface area contributed by atoms with E-state index in [1.54, 1.807) is 25.2 Å². The highest BCUT2D eigenvalue weighted by molar-refractivity contribution is 5.94. The second kappa shape index (κ2) is 5.95. The van der Waals surface area contributed by atoms with Crippen molar-refractivity contribution in [2.24, 2.45) is 0 Å². The number of rotatable bonds is 4. The maximum Gasteiger partial charge on any atom is 0.254 e. The Kier molecular flexibility index (Phi) is 4.59. The van der Waals surface area contributed by atoms with E-state index < -0.39 is 0 Å². The zero-order valence-corrected chi connectivity index (χ0v) is 10.4. The molecule has 1 aromatic carbocycles. The smallest absolute Gasteiger partial charge is 0.254 e. The molecule has 0 N–H and O–H groups in total. The first-order valence-corrected chi connectivity index (χ1v) is 5.50. The molecule has 0 heterocycles. The number of hydrogen-bond acceptors (Lipinski definition) is 2. The summed E-state index contributed by atoms with van der Waals surface area (Å²) in [5, 5.41) is 0. The van der Waals surface area contributed by atoms with E-state index in [9.17, 15) is 4.79 Å². The molecule has 0 aliphatic rings. The van der Waals surface area contributed by atoms with Gasteiger partial charge in [-0.15, -0.1) is 6.42 Å². The van der Waals surface area contributed by atoms with Crippen LogP contribution in [-0.2, 0) is 0 Å². The predicted molar refractivity (Wildman–Crippen MR) is 68.0 cm³/mol. The van der Waals surface area contributed by atoms with Gasteiger partial charge in [0.1, 0.15) is 5.75 Å². The Balaban J connectivity index is 2.84. The summed E-state index contributed by atoms with van der Waals surface area (Å²) in [6.45, 7) is 4.19. The summed E-state index contributed by atoms with van der Waals surface area (Å²) >= 11 is 0. The van der Waals surface area contributed by atoms with Crippen LogP contribution in [0.2, 0.25) is 0 Å². The van der Waals surface area contributed by atoms with Gasteiger partial charge in [-0.1, -0.05) is 12.0 Å². The molecule has 17 heavy (non-hydrogen) atoms. The highest BCUT2D eigenvalue weighted by Gasteiger charge is 2.11. The molecule has 0 unspecified atom stereocenters. The lowest BCUT2D eigenvalue weighted by molar-refractivity contribution is 0.0812. The number of nitrogens with zero attached hydrogens (tertiary/aromatic N) is 1. The minimum absolute atomic E-state index is 0.0868. The van der Waals surface area contributed by atoms with Crippen molar-refractivity contribution in [3.05, 3.63) is 29.8 Å². The largest absolute Gasteiger partial charge is 0.491 e. The fourth-order valence-electron chi connectivity index (χ4n) is 1.40. The van der Waals surface area contributed by atoms with Crippen molar-refractivity contribution in [1.29, 1.82) is 0 Å². The fraction of sp³-hybridized carbons (Fsp3) is 0.357. The Morgan fingerprint density at radius 3 is 2.82 bits per heavy atom. The first-order chi connectivity index (χ1) is 8.04. The average molecular weight is 231 g/mol. The normalized spacial score (nSPS) is 9.82. The molecule has 90 valence electrons. The van der Waals surface area contributed by atoms with E-state index >= 15 is 0 Å². The number of carbonyl (C=O) groups excluding carboxylic acids is 1. The molecule has 1 rings (SSSR count). The Hall–Kier alpha value is -1.95. The highest BCUT2D eigenvalue weighted by atomic mass is 16.5. The second-order valence-electron chi connectivity index (χ2n) is 4.06. The Labute approximate surface area is 102 Å². The van der Waals surface area contributed by atoms with Gasteiger partial charge < -0.3 is 9.64 Å². The maximum atomic E-state index is 11.9. The van der Waals surface area contributed by atoms with Gasteiger partial charge in [0.05, 0.1) is 12.6 Å². The SMILES string of the molecule is C#CCN(C)C(=O)c1cccc(OC(C)C)c1. The first-order valence-electron chi connectivity index (χ1n) is 5.50. The van der Waals surface area contributed by atoms with Crippen molar-refractivity contribution >= 4 is 5.91 Å². The van der Waals surface area contributed by atoms with Crippen molar-refractivity contribution in [2.75, 3.05) is 13.6 Å². The van der Waals surface area contributed by atoms with Crippen LogP contribution in [0.25, 0.3) is 0 Å². The zero-order valence-electron chi connectivity index (χ0n) is 10.4. The molecule has 3 heteroatoms. The molecule has 0 aliphatic heterocycles. The fourth-order valence-corrected chi connectivity index (χ4v) is 1.40. The van der Waals surface area contributed by atoms with Gasteiger partial charge in [-0.05, 0) is 32.0 Å². The average Bonchev–Trinajstić information content (AvgIpc) is 2.28. The third-order valence-corrected chi connectivity index (χ3v) is 2.13. The molecule has 0 saturated heterocycles. The van der Waals surface area contributed by atoms with Crippen molar-refractivity contribution < 1.29 is 9.53 Å². The lowest BCUT2D eigenvalue weighted by atomic mass is 10.2. The molecule has 0 saturated carbocycles. The summed E-state index contributed by atoms with van der Waals surface area (Å²) in [5.74, 6) is 3.03. The molecule has 0 aromatic heterocycles. The Bertz CT molecular complexity index is 432. The van der Waals surface area contributed by atoms with E-state index in [0.29, 0.717) is 17.9 Å². The van der Waals surface area contributed by atoms with Crippen molar-refractivity contribution in [3.63, 3.8) is 0 Å². The third kappa shape index (κ3) is 3.84. The minimum Gasteiger partial charge on any atom is -0.491 e. The number of ether oxygens (including phenoxy) is 1. The molecule has 0 fully saturated rings. The van der Waals surface area contributed by atoms with Crippen LogP contribution in [0.15, 0.2) is 24.3 Å². The van der Waals surface area contributed by atoms with Crippen LogP contribution in [-0.4, -0.2) is 30.5 Å². The van der Waals surface area contributed by atoms with Gasteiger partial charge in [-0.25, -0.2) is 0 Å². The van der Waals surface area contributed by atoms with Crippen LogP contribution in [0, 0.1) is 12.3 Å². The van der Waals surface area contributed by atoms with Crippen LogP contribution < -0.4 is 4.74 Å². The standard InChI is InChI=1S/C14H17NO2/c1-5-9-15(4)14(16)12-7-6-8-13(10-12)17-11(2)3/h1,6-8,10-11H,9H2,2-4H3. The zero-order chi connectivity index (χ0) is 12.8. The minimum atomic E-state index is -0.0999. The Morgan fingerprint density at radius 1 is 1.53 bits per heavy atom. The summed E-state index contributed by atoms with van der Waals surface area (Å²) < 4.78 is 5.53. The number of terminal acetylenes is 1. The van der Waals surface area contributed by atoms with Crippen LogP contribution in [0.1, 0.15) is 24.2 Å². The number of benzene rings is 1. The number of hydrogen-bond donors (Lipinski definition) is 0. The number of carbonyl (C=O) groups is 1. The molecule has 3 nitrogen and oxygen atoms in total. The molecule has 0 aliphatic carbocycles. The monoisotopic (exact) mass is 231 g/mol. The summed E-state index contributed by atoms with van der Waals surface area (Å²) in [5.41, 5.74) is 0.584. The summed E-state index contributed by atoms with van der Waals surface area (Å²) in [6.07, 6.45) is 5.26. The van der Waals surface area contributed by atoms with E-state index in [2.05, 4.69) is 5.92 Å². The topological polar surface area (TPSA) is 29.5 Å². The number of amides is 1. The van der Waals surface area contributed by atoms with Crippen molar-refractivity contribution in [3.8, 4) is 18.1 Å². The lowest BCUT2D eigenvalue weighted by Gasteiger charge is -2.15. The van der Waals surface area contributed by atoms with Gasteiger partial charge in [0.25, 0.3) is 5.91 Å². The Morgan fingerprint density at radius 2 is 2.24 bits per heavy atom. The molecule has 0 radical (unpaired) electrons. The van der Waals surface area contributed by atoms with Gasteiger partial charge in [0.15, 0.2) is 0 Å². The van der Waals surface area contributed by atoms with Crippen LogP contribution in [0.4, 0.5) is 0 Å². The van der Waals surface area contributed by atoms with E-state index in [4.69, 9.17) is 11.2 Å². The quantitative estimate of drug-likeness (QED) is 0.743. The molecular weight excluding hydrogens is 214 g/mol. The molecule has 1 amide bonds. The van der Waals surface area contributed by atoms with E-state index in [1.807, 2.05) is 19.9 Å². The van der Waals surface area contributed by atoms with E-state index in [1.165, 1.54) is 4.90 Å².